The maximum atomic E-state index is 13.1. The van der Waals surface area contributed by atoms with Crippen molar-refractivity contribution in [1.82, 2.24) is 53.8 Å². The van der Waals surface area contributed by atoms with E-state index in [9.17, 15) is 14.7 Å². The number of carbonyl (C=O) groups is 2. The van der Waals surface area contributed by atoms with E-state index in [1.165, 1.54) is 42.5 Å². The molecule has 8 atom stereocenters. The van der Waals surface area contributed by atoms with Gasteiger partial charge in [-0.3, -0.25) is 18.7 Å². The Labute approximate surface area is 619 Å². The Kier molecular flexibility index (Phi) is 26.5. The number of hydrogen-bond donors (Lipinski definition) is 3. The first-order valence-electron chi connectivity index (χ1n) is 33.1. The highest BCUT2D eigenvalue weighted by molar-refractivity contribution is 9.10. The van der Waals surface area contributed by atoms with E-state index < -0.39 is 83.3 Å². The van der Waals surface area contributed by atoms with Gasteiger partial charge in [0.2, 0.25) is 4.38 Å². The van der Waals surface area contributed by atoms with Crippen molar-refractivity contribution in [3.05, 3.63) is 107 Å². The number of anilines is 2. The molecule has 0 saturated carbocycles. The number of thiocarbonyl (C=S) groups is 2. The molecule has 2 aromatic carbocycles. The number of nitrogens with zero attached hydrogens (tertiary/aromatic N) is 11. The number of amides is 2. The zero-order chi connectivity index (χ0) is 72.2. The van der Waals surface area contributed by atoms with Crippen LogP contribution in [0.2, 0.25) is 44.3 Å². The van der Waals surface area contributed by atoms with Gasteiger partial charge in [0.1, 0.15) is 55.8 Å². The van der Waals surface area contributed by atoms with E-state index in [0.29, 0.717) is 51.6 Å². The van der Waals surface area contributed by atoms with Crippen LogP contribution in [0.15, 0.2) is 95.4 Å². The molecule has 99 heavy (non-hydrogen) atoms. The minimum Gasteiger partial charge on any atom is -0.468 e. The maximum Gasteiger partial charge on any atom is 0.335 e. The Morgan fingerprint density at radius 2 is 0.980 bits per heavy atom. The van der Waals surface area contributed by atoms with E-state index >= 15 is 0 Å². The number of fused-ring (bicyclic) bond motifs is 4. The molecule has 0 bridgehead atoms. The summed E-state index contributed by atoms with van der Waals surface area (Å²) in [4.78, 5) is 56.7. The fourth-order valence-electron chi connectivity index (χ4n) is 13.3. The molecule has 0 spiro atoms. The van der Waals surface area contributed by atoms with Crippen molar-refractivity contribution < 1.29 is 54.8 Å². The van der Waals surface area contributed by atoms with Crippen LogP contribution < -0.4 is 10.6 Å². The molecule has 4 aliphatic heterocycles. The van der Waals surface area contributed by atoms with Crippen LogP contribution in [0.5, 0.6) is 0 Å². The first-order valence-corrected chi connectivity index (χ1v) is 45.9. The van der Waals surface area contributed by atoms with Gasteiger partial charge in [0.05, 0.1) is 13.2 Å². The Morgan fingerprint density at radius 3 is 1.37 bits per heavy atom. The number of thioether (sulfide) groups is 2. The van der Waals surface area contributed by atoms with Gasteiger partial charge < -0.3 is 55.9 Å². The lowest BCUT2D eigenvalue weighted by atomic mass is 10.1. The van der Waals surface area contributed by atoms with Gasteiger partial charge in [-0.15, -0.1) is 0 Å². The summed E-state index contributed by atoms with van der Waals surface area (Å²) in [7, 11) is -11.5. The second-order valence-electron chi connectivity index (χ2n) is 27.0. The quantitative estimate of drug-likeness (QED) is 0.0488. The summed E-state index contributed by atoms with van der Waals surface area (Å²) in [5.74, 6) is -0.108. The number of ether oxygens (including phenoxy) is 3. The third kappa shape index (κ3) is 16.2. The van der Waals surface area contributed by atoms with E-state index in [2.05, 4.69) is 188 Å². The van der Waals surface area contributed by atoms with Crippen LogP contribution in [0.25, 0.3) is 22.3 Å². The van der Waals surface area contributed by atoms with Crippen LogP contribution in [-0.4, -0.2) is 176 Å². The first kappa shape index (κ1) is 78.9. The fourth-order valence-corrected chi connectivity index (χ4v) is 37.5. The summed E-state index contributed by atoms with van der Waals surface area (Å²) >= 11 is 20.5. The van der Waals surface area contributed by atoms with Gasteiger partial charge in [-0.05, 0) is 125 Å². The molecule has 7 aromatic rings. The molecule has 25 nitrogen and oxygen atoms in total. The molecular formula is C64H91Br2N13O12S4Si4. The molecule has 4 saturated heterocycles. The monoisotopic (exact) mass is 1630 g/mol. The molecule has 538 valence electrons. The number of benzene rings is 2. The van der Waals surface area contributed by atoms with Gasteiger partial charge in [0.15, 0.2) is 66.3 Å². The molecule has 2 unspecified atom stereocenters. The zero-order valence-electron chi connectivity index (χ0n) is 59.0. The number of nitrogens with one attached hydrogen (secondary N) is 2. The fraction of sp³-hybridized carbons (Fsp3) is 0.562. The van der Waals surface area contributed by atoms with Crippen molar-refractivity contribution in [3.63, 3.8) is 0 Å². The third-order valence-corrected chi connectivity index (χ3v) is 42.2. The highest BCUT2D eigenvalue weighted by Crippen LogP contribution is 2.52. The Balaban J connectivity index is 0.000000205. The molecule has 4 fully saturated rings. The molecule has 9 heterocycles. The van der Waals surface area contributed by atoms with Gasteiger partial charge in [-0.1, -0.05) is 183 Å². The Hall–Kier alpha value is -4.23. The van der Waals surface area contributed by atoms with Crippen LogP contribution in [-0.2, 0) is 40.1 Å². The maximum absolute atomic E-state index is 13.1. The average molecular weight is 1630 g/mol. The van der Waals surface area contributed by atoms with Crippen molar-refractivity contribution in [2.24, 2.45) is 0 Å². The second-order valence-corrected chi connectivity index (χ2v) is 49.0. The lowest BCUT2D eigenvalue weighted by Crippen LogP contribution is -2.66. The summed E-state index contributed by atoms with van der Waals surface area (Å²) in [5.41, 5.74) is 3.77. The summed E-state index contributed by atoms with van der Waals surface area (Å²) in [6, 6.07) is 17.8. The third-order valence-electron chi connectivity index (χ3n) is 18.3. The molecule has 35 heteroatoms. The lowest BCUT2D eigenvalue weighted by Gasteiger charge is -2.51. The van der Waals surface area contributed by atoms with E-state index in [4.69, 9.17) is 69.6 Å². The Morgan fingerprint density at radius 1 is 0.576 bits per heavy atom. The molecular weight excluding hydrogens is 1540 g/mol. The van der Waals surface area contributed by atoms with Crippen molar-refractivity contribution in [3.8, 4) is 0 Å². The standard InChI is InChI=1S/C31H44BrN5O6S2Si2.C29H42BrN5O6Si2.C4H5N3S2/c1-17(2)46(18(3)4)39-15-22-24(42-47(43-46,19(5)6)20(7)8)25(41-31(44)45-9)29(40-22)37-27-23(35-30(37)32)26(33-16-34-27)36-28(38)21-13-11-10-12-14-21;1-16(2)42(17(3)4)38-14-21-24(40-43(41-42,18(5)6)19(7)8)23(36)28(39-21)35-26-22(33-29(35)30)25(31-15-32-26)34-27(37)20-12-10-9-11-13-20;1-9-4(8)7-3-5-2-6-7/h10-14,16-20,22,24-25,29H,15H2,1-9H3,(H,33,34,36,38);9-13,15-19,21,23-24,28,36H,14H2,1-8H3,(H,31,32,34,37);2-3H,1H3/t22-,24+,25?,29-;21-,23?,24+,28-;/m11./s1. The summed E-state index contributed by atoms with van der Waals surface area (Å²) < 4.78 is 69.7. The number of aliphatic hydroxyl groups excluding tert-OH is 1. The van der Waals surface area contributed by atoms with Crippen molar-refractivity contribution in [2.45, 2.75) is 204 Å². The van der Waals surface area contributed by atoms with Crippen LogP contribution in [0.1, 0.15) is 144 Å². The van der Waals surface area contributed by atoms with E-state index in [1.54, 1.807) is 64.1 Å². The van der Waals surface area contributed by atoms with E-state index in [1.807, 2.05) is 29.2 Å². The van der Waals surface area contributed by atoms with Crippen LogP contribution >= 0.6 is 79.8 Å². The minimum atomic E-state index is -2.99. The zero-order valence-corrected chi connectivity index (χ0v) is 69.4. The number of hydrogen-bond acceptors (Lipinski definition) is 24. The minimum absolute atomic E-state index is 0.106. The normalized spacial score (nSPS) is 23.3. The molecule has 0 aliphatic carbocycles. The largest absolute Gasteiger partial charge is 0.468 e. The molecule has 3 N–H and O–H groups in total. The molecule has 5 aromatic heterocycles. The van der Waals surface area contributed by atoms with Gasteiger partial charge in [-0.2, -0.15) is 5.10 Å². The Bertz CT molecular complexity index is 3900. The average Bonchev–Trinajstić information content (AvgIpc) is 1.67. The second kappa shape index (κ2) is 33.3. The highest BCUT2D eigenvalue weighted by atomic mass is 79.9. The first-order chi connectivity index (χ1) is 46.9. The summed E-state index contributed by atoms with van der Waals surface area (Å²) in [6.07, 6.45) is 3.89. The number of imidazole rings is 2. The summed E-state index contributed by atoms with van der Waals surface area (Å²) in [5, 5.41) is 21.4. The smallest absolute Gasteiger partial charge is 0.335 e. The predicted molar refractivity (Wildman–Crippen MR) is 409 cm³/mol. The van der Waals surface area contributed by atoms with Gasteiger partial charge in [-0.25, -0.2) is 39.6 Å². The van der Waals surface area contributed by atoms with E-state index in [0.717, 1.165) is 0 Å². The number of carbonyl (C=O) groups excluding carboxylic acids is 2. The number of halogens is 2. The van der Waals surface area contributed by atoms with Crippen LogP contribution in [0, 0.1) is 0 Å². The van der Waals surface area contributed by atoms with Crippen molar-refractivity contribution in [2.75, 3.05) is 36.4 Å². The molecule has 0 radical (unpaired) electrons. The highest BCUT2D eigenvalue weighted by Gasteiger charge is 2.64. The van der Waals surface area contributed by atoms with Crippen LogP contribution in [0.4, 0.5) is 11.6 Å². The number of rotatable bonds is 15. The molecule has 2 amide bonds. The predicted octanol–water partition coefficient (Wildman–Crippen LogP) is 14.6. The molecule has 4 aliphatic rings. The van der Waals surface area contributed by atoms with Gasteiger partial charge in [0.25, 0.3) is 11.8 Å². The number of aliphatic hydroxyl groups is 1. The SMILES string of the molecule is CC(C)[Si]1(C(C)C)OC[C@H]2O[C@@H](n3c(Br)nc4c(NC(=O)c5ccccc5)ncnc43)C(O)[C@H]2O[Si](C(C)C)(C(C)C)O1.CSC(=S)OC1[C@H]2O[Si](C(C)C)(C(C)C)O[Si](C(C)C)(C(C)C)OC[C@H]2O[C@H]1n1c(Br)nc2c(NC(=O)c3ccccc3)ncnc21.CSC(=S)n1cncn1. The van der Waals surface area contributed by atoms with Crippen LogP contribution in [0.3, 0.4) is 0 Å². The molecule has 11 rings (SSSR count). The summed E-state index contributed by atoms with van der Waals surface area (Å²) in [6.45, 7) is 35.2. The lowest BCUT2D eigenvalue weighted by molar-refractivity contribution is -0.0578. The van der Waals surface area contributed by atoms with Crippen molar-refractivity contribution in [1.29, 1.82) is 0 Å². The van der Waals surface area contributed by atoms with Gasteiger partial charge >= 0.3 is 34.2 Å². The van der Waals surface area contributed by atoms with E-state index in [-0.39, 0.29) is 81.0 Å². The number of aromatic nitrogens is 11. The topological polar surface area (TPSA) is 279 Å². The van der Waals surface area contributed by atoms with Crippen molar-refractivity contribution >= 4 is 169 Å². The van der Waals surface area contributed by atoms with Gasteiger partial charge in [0, 0.05) is 11.1 Å².